The molecule has 8 nitrogen and oxygen atoms in total. The molecule has 104 valence electrons. The third-order valence-corrected chi connectivity index (χ3v) is 0.730. The molecule has 0 heterocycles. The van der Waals surface area contributed by atoms with Gasteiger partial charge in [0.15, 0.2) is 0 Å². The van der Waals surface area contributed by atoms with Crippen molar-refractivity contribution in [3.8, 4) is 0 Å². The van der Waals surface area contributed by atoms with Gasteiger partial charge >= 0.3 is 57.5 Å². The maximum absolute atomic E-state index is 9.60. The number of phosphoric acid groups is 1. The average Bonchev–Trinajstić information content (AvgIpc) is 2.01. The van der Waals surface area contributed by atoms with E-state index in [1.54, 1.807) is 0 Å². The van der Waals surface area contributed by atoms with Crippen molar-refractivity contribution < 1.29 is 39.0 Å². The molecule has 0 saturated heterocycles. The summed E-state index contributed by atoms with van der Waals surface area (Å²) < 4.78 is 8.88. The average molecular weight is 312 g/mol. The summed E-state index contributed by atoms with van der Waals surface area (Å²) in [5.74, 6) is -1.87. The zero-order valence-corrected chi connectivity index (χ0v) is 10.2. The minimum atomic E-state index is -4.64. The van der Waals surface area contributed by atoms with Crippen LogP contribution in [0, 0.1) is 0 Å². The van der Waals surface area contributed by atoms with E-state index in [0.29, 0.717) is 0 Å². The third kappa shape index (κ3) is 56.9. The van der Waals surface area contributed by atoms with Gasteiger partial charge in [0, 0.05) is 11.1 Å². The van der Waals surface area contributed by atoms with Crippen molar-refractivity contribution in [2.45, 2.75) is 13.8 Å². The summed E-state index contributed by atoms with van der Waals surface area (Å²) in [6.45, 7) is 9.20. The number of carbonyl (C=O) groups is 2. The number of hydrogen-bond acceptors (Lipinski definition) is 3. The zero-order valence-electron chi connectivity index (χ0n) is 9.32. The summed E-state index contributed by atoms with van der Waals surface area (Å²) in [7, 11) is -4.64. The molecule has 0 aromatic carbocycles. The Kier molecular flexibility index (Phi) is 19.4. The quantitative estimate of drug-likeness (QED) is 0.259. The predicted octanol–water partition coefficient (Wildman–Crippen LogP) is -0.551. The van der Waals surface area contributed by atoms with E-state index in [-0.39, 0.29) is 48.9 Å². The molecule has 0 aromatic rings. The van der Waals surface area contributed by atoms with Crippen LogP contribution in [0.1, 0.15) is 13.8 Å². The molecule has 0 fully saturated rings. The van der Waals surface area contributed by atoms with Gasteiger partial charge in [-0.25, -0.2) is 14.2 Å². The van der Waals surface area contributed by atoms with E-state index in [9.17, 15) is 9.59 Å². The van der Waals surface area contributed by atoms with Crippen molar-refractivity contribution in [2.24, 2.45) is 0 Å². The topological polar surface area (TPSA) is 152 Å². The van der Waals surface area contributed by atoms with Crippen LogP contribution < -0.4 is 0 Å². The van der Waals surface area contributed by atoms with Crippen LogP contribution in [0.4, 0.5) is 0 Å². The van der Waals surface area contributed by atoms with E-state index in [4.69, 9.17) is 29.5 Å². The third-order valence-electron chi connectivity index (χ3n) is 0.730. The van der Waals surface area contributed by atoms with Gasteiger partial charge in [0.05, 0.1) is 0 Å². The Morgan fingerprint density at radius 3 is 0.944 bits per heavy atom. The van der Waals surface area contributed by atoms with Gasteiger partial charge in [-0.1, -0.05) is 13.2 Å². The second-order valence-corrected chi connectivity index (χ2v) is 3.71. The summed E-state index contributed by atoms with van der Waals surface area (Å²) in [6.07, 6.45) is 0. The normalized spacial score (nSPS) is 8.28. The first-order valence-corrected chi connectivity index (χ1v) is 5.41. The summed E-state index contributed by atoms with van der Waals surface area (Å²) in [5.41, 5.74) is 0.352. The molecule has 0 bridgehead atoms. The number of carboxylic acid groups (broad SMARTS) is 2. The fraction of sp³-hybridized carbons (Fsp3) is 0.250. The van der Waals surface area contributed by atoms with Gasteiger partial charge in [-0.15, -0.1) is 0 Å². The van der Waals surface area contributed by atoms with Gasteiger partial charge in [-0.05, 0) is 13.8 Å². The van der Waals surface area contributed by atoms with Gasteiger partial charge < -0.3 is 24.9 Å². The van der Waals surface area contributed by atoms with Crippen LogP contribution in [0.25, 0.3) is 0 Å². The van der Waals surface area contributed by atoms with Crippen molar-refractivity contribution in [1.82, 2.24) is 0 Å². The van der Waals surface area contributed by atoms with Gasteiger partial charge in [0.2, 0.25) is 0 Å². The van der Waals surface area contributed by atoms with Crippen LogP contribution >= 0.6 is 7.82 Å². The molecular weight excluding hydrogens is 295 g/mol. The molecule has 0 saturated carbocycles. The second kappa shape index (κ2) is 13.2. The number of aliphatic carboxylic acids is 2. The Bertz CT molecular complexity index is 289. The molecule has 18 heavy (non-hydrogen) atoms. The molecule has 0 radical (unpaired) electrons. The van der Waals surface area contributed by atoms with Gasteiger partial charge in [0.1, 0.15) is 0 Å². The van der Waals surface area contributed by atoms with Crippen LogP contribution in [0.2, 0.25) is 0 Å². The first-order chi connectivity index (χ1) is 7.29. The fourth-order valence-corrected chi connectivity index (χ4v) is 0. The van der Waals surface area contributed by atoms with Crippen molar-refractivity contribution in [1.29, 1.82) is 0 Å². The molecule has 10 heteroatoms. The number of carboxylic acids is 2. The SMILES string of the molecule is C=C(C)C(=O)O.C=C(C)C(=O)O.O=P(O)(O)O.[CaH2]. The molecule has 0 amide bonds. The Morgan fingerprint density at radius 2 is 0.944 bits per heavy atom. The van der Waals surface area contributed by atoms with Crippen molar-refractivity contribution in [3.05, 3.63) is 24.3 Å². The Morgan fingerprint density at radius 1 is 0.889 bits per heavy atom. The number of hydrogen-bond donors (Lipinski definition) is 5. The Hall–Kier alpha value is -0.210. The Balaban J connectivity index is -0.0000000799. The summed E-state index contributed by atoms with van der Waals surface area (Å²) in [4.78, 5) is 40.8. The zero-order chi connectivity index (χ0) is 14.8. The van der Waals surface area contributed by atoms with E-state index < -0.39 is 19.8 Å². The van der Waals surface area contributed by atoms with E-state index >= 15 is 0 Å². The maximum atomic E-state index is 9.60. The van der Waals surface area contributed by atoms with Gasteiger partial charge in [-0.3, -0.25) is 0 Å². The van der Waals surface area contributed by atoms with Crippen molar-refractivity contribution >= 4 is 57.5 Å². The van der Waals surface area contributed by atoms with E-state index in [2.05, 4.69) is 13.2 Å². The molecule has 0 aromatic heterocycles. The van der Waals surface area contributed by atoms with E-state index in [1.165, 1.54) is 13.8 Å². The molecule has 5 N–H and O–H groups in total. The first kappa shape index (κ1) is 26.4. The molecule has 0 atom stereocenters. The molecule has 0 aliphatic rings. The van der Waals surface area contributed by atoms with Gasteiger partial charge in [0.25, 0.3) is 0 Å². The van der Waals surface area contributed by atoms with Crippen molar-refractivity contribution in [2.75, 3.05) is 0 Å². The summed E-state index contributed by atoms with van der Waals surface area (Å²) in [6, 6.07) is 0. The standard InChI is InChI=1S/2C4H6O2.Ca.H3O4P.2H/c2*1-3(2)4(5)6;;1-5(2,3)4;;/h2*1H2,2H3,(H,5,6);;(H3,1,2,3,4);;. The first-order valence-electron chi connectivity index (χ1n) is 3.85. The molecule has 0 aliphatic heterocycles. The molecule has 0 rings (SSSR count). The van der Waals surface area contributed by atoms with Crippen LogP contribution in [0.15, 0.2) is 24.3 Å². The predicted molar refractivity (Wildman–Crippen MR) is 67.7 cm³/mol. The van der Waals surface area contributed by atoms with E-state index in [0.717, 1.165) is 0 Å². The monoisotopic (exact) mass is 312 g/mol. The molecular formula is C8H17CaO8P. The van der Waals surface area contributed by atoms with Gasteiger partial charge in [-0.2, -0.15) is 0 Å². The van der Waals surface area contributed by atoms with Crippen LogP contribution in [-0.2, 0) is 14.2 Å². The van der Waals surface area contributed by atoms with Crippen LogP contribution in [0.5, 0.6) is 0 Å². The van der Waals surface area contributed by atoms with Crippen LogP contribution in [-0.4, -0.2) is 74.6 Å². The summed E-state index contributed by atoms with van der Waals surface area (Å²) >= 11 is 0. The Labute approximate surface area is 134 Å². The molecule has 0 spiro atoms. The van der Waals surface area contributed by atoms with E-state index in [1.807, 2.05) is 0 Å². The minimum absolute atomic E-state index is 0. The fourth-order valence-electron chi connectivity index (χ4n) is 0. The second-order valence-electron chi connectivity index (χ2n) is 2.68. The molecule has 0 aliphatic carbocycles. The number of rotatable bonds is 2. The molecule has 0 unspecified atom stereocenters. The van der Waals surface area contributed by atoms with Crippen molar-refractivity contribution in [3.63, 3.8) is 0 Å². The summed E-state index contributed by atoms with van der Waals surface area (Å²) in [5, 5.41) is 15.8. The van der Waals surface area contributed by atoms with Crippen LogP contribution in [0.3, 0.4) is 0 Å².